The van der Waals surface area contributed by atoms with Crippen molar-refractivity contribution in [1.29, 1.82) is 0 Å². The molecule has 2 N–H and O–H groups in total. The first kappa shape index (κ1) is 27.2. The summed E-state index contributed by atoms with van der Waals surface area (Å²) in [5.74, 6) is 0.705. The molecule has 180 valence electrons. The summed E-state index contributed by atoms with van der Waals surface area (Å²) < 4.78 is 12.7. The van der Waals surface area contributed by atoms with Gasteiger partial charge in [0.05, 0.1) is 15.4 Å². The van der Waals surface area contributed by atoms with Crippen molar-refractivity contribution in [1.82, 2.24) is 5.32 Å². The molecule has 0 heterocycles. The Morgan fingerprint density at radius 2 is 1.61 bits per heavy atom. The molecule has 0 bridgehead atoms. The van der Waals surface area contributed by atoms with E-state index in [9.17, 15) is 14.7 Å². The molecule has 0 radical (unpaired) electrons. The van der Waals surface area contributed by atoms with Crippen LogP contribution >= 0.6 is 31.9 Å². The van der Waals surface area contributed by atoms with E-state index in [1.165, 1.54) is 0 Å². The third-order valence-electron chi connectivity index (χ3n) is 4.62. The van der Waals surface area contributed by atoms with Crippen LogP contribution in [-0.2, 0) is 20.7 Å². The van der Waals surface area contributed by atoms with Crippen LogP contribution in [0.3, 0.4) is 0 Å². The smallest absolute Gasteiger partial charge is 0.331 e. The topological polar surface area (TPSA) is 84.9 Å². The van der Waals surface area contributed by atoms with E-state index >= 15 is 0 Å². The Labute approximate surface area is 212 Å². The lowest BCUT2D eigenvalue weighted by molar-refractivity contribution is -0.163. The molecule has 0 unspecified atom stereocenters. The molecule has 0 aliphatic heterocycles. The van der Waals surface area contributed by atoms with Gasteiger partial charge in [-0.3, -0.25) is 4.79 Å². The molecule has 0 saturated heterocycles. The summed E-state index contributed by atoms with van der Waals surface area (Å²) in [5, 5.41) is 12.8. The molecule has 0 spiro atoms. The minimum absolute atomic E-state index is 0.0699. The van der Waals surface area contributed by atoms with Gasteiger partial charge in [0.1, 0.15) is 22.6 Å². The SMILES string of the molecule is CC(C)c1cc(Oc2c(Br)cc(CC(=O)NC(C)(C)C(=O)OC(C)(C)C)cc2Br)ccc1O. The molecule has 2 aromatic carbocycles. The Morgan fingerprint density at radius 1 is 1.03 bits per heavy atom. The first-order chi connectivity index (χ1) is 15.1. The minimum Gasteiger partial charge on any atom is -0.508 e. The first-order valence-corrected chi connectivity index (χ1v) is 12.2. The summed E-state index contributed by atoms with van der Waals surface area (Å²) in [6.07, 6.45) is 0.0699. The molecule has 0 aromatic heterocycles. The molecular formula is C25H31Br2NO5. The fourth-order valence-electron chi connectivity index (χ4n) is 3.02. The van der Waals surface area contributed by atoms with Crippen LogP contribution in [0.25, 0.3) is 0 Å². The molecule has 0 saturated carbocycles. The van der Waals surface area contributed by atoms with E-state index < -0.39 is 17.1 Å². The van der Waals surface area contributed by atoms with Gasteiger partial charge in [0, 0.05) is 5.56 Å². The molecule has 0 atom stereocenters. The zero-order chi connectivity index (χ0) is 25.1. The maximum absolute atomic E-state index is 12.6. The lowest BCUT2D eigenvalue weighted by Crippen LogP contribution is -2.52. The van der Waals surface area contributed by atoms with E-state index in [1.807, 2.05) is 13.8 Å². The number of phenols is 1. The van der Waals surface area contributed by atoms with Crippen molar-refractivity contribution in [2.45, 2.75) is 71.9 Å². The Hall–Kier alpha value is -2.06. The molecular weight excluding hydrogens is 554 g/mol. The van der Waals surface area contributed by atoms with E-state index in [1.54, 1.807) is 65.0 Å². The van der Waals surface area contributed by atoms with Crippen LogP contribution in [0.1, 0.15) is 65.5 Å². The van der Waals surface area contributed by atoms with Crippen LogP contribution < -0.4 is 10.1 Å². The highest BCUT2D eigenvalue weighted by Gasteiger charge is 2.34. The monoisotopic (exact) mass is 583 g/mol. The van der Waals surface area contributed by atoms with Crippen LogP contribution in [0.15, 0.2) is 39.3 Å². The maximum Gasteiger partial charge on any atom is 0.331 e. The van der Waals surface area contributed by atoms with Crippen molar-refractivity contribution in [3.63, 3.8) is 0 Å². The van der Waals surface area contributed by atoms with Gasteiger partial charge in [-0.05, 0) is 108 Å². The number of aromatic hydroxyl groups is 1. The van der Waals surface area contributed by atoms with Gasteiger partial charge in [0.25, 0.3) is 0 Å². The van der Waals surface area contributed by atoms with Crippen molar-refractivity contribution in [2.24, 2.45) is 0 Å². The predicted molar refractivity (Wildman–Crippen MR) is 136 cm³/mol. The number of amides is 1. The highest BCUT2D eigenvalue weighted by molar-refractivity contribution is 9.11. The quantitative estimate of drug-likeness (QED) is 0.358. The van der Waals surface area contributed by atoms with Crippen molar-refractivity contribution in [3.8, 4) is 17.2 Å². The highest BCUT2D eigenvalue weighted by Crippen LogP contribution is 2.39. The number of ether oxygens (including phenoxy) is 2. The lowest BCUT2D eigenvalue weighted by atomic mass is 10.0. The number of esters is 1. The van der Waals surface area contributed by atoms with Gasteiger partial charge in [-0.2, -0.15) is 0 Å². The largest absolute Gasteiger partial charge is 0.508 e. The average Bonchev–Trinajstić information content (AvgIpc) is 2.63. The zero-order valence-corrected chi connectivity index (χ0v) is 23.2. The molecule has 0 aliphatic rings. The number of phenolic OH excluding ortho intramolecular Hbond substituents is 1. The van der Waals surface area contributed by atoms with Crippen LogP contribution in [-0.4, -0.2) is 28.1 Å². The van der Waals surface area contributed by atoms with Gasteiger partial charge >= 0.3 is 5.97 Å². The van der Waals surface area contributed by atoms with Crippen molar-refractivity contribution in [3.05, 3.63) is 50.4 Å². The molecule has 33 heavy (non-hydrogen) atoms. The van der Waals surface area contributed by atoms with Crippen molar-refractivity contribution >= 4 is 43.7 Å². The number of rotatable bonds is 7. The van der Waals surface area contributed by atoms with Gasteiger partial charge in [-0.15, -0.1) is 0 Å². The second-order valence-electron chi connectivity index (χ2n) is 9.72. The van der Waals surface area contributed by atoms with Crippen LogP contribution in [0.2, 0.25) is 0 Å². The van der Waals surface area contributed by atoms with Gasteiger partial charge in [-0.25, -0.2) is 4.79 Å². The Bertz CT molecular complexity index is 1020. The number of hydrogen-bond donors (Lipinski definition) is 2. The summed E-state index contributed by atoms with van der Waals surface area (Å²) in [7, 11) is 0. The minimum atomic E-state index is -1.16. The first-order valence-electron chi connectivity index (χ1n) is 10.6. The molecule has 1 amide bonds. The molecule has 0 aliphatic carbocycles. The molecule has 6 nitrogen and oxygen atoms in total. The van der Waals surface area contributed by atoms with Crippen LogP contribution in [0.5, 0.6) is 17.2 Å². The number of nitrogens with one attached hydrogen (secondary N) is 1. The third-order valence-corrected chi connectivity index (χ3v) is 5.80. The van der Waals surface area contributed by atoms with E-state index in [0.29, 0.717) is 20.4 Å². The molecule has 8 heteroatoms. The Kier molecular flexibility index (Phi) is 8.63. The second-order valence-corrected chi connectivity index (χ2v) is 11.4. The van der Waals surface area contributed by atoms with Gasteiger partial charge in [0.2, 0.25) is 5.91 Å². The number of carbonyl (C=O) groups excluding carboxylic acids is 2. The summed E-state index contributed by atoms with van der Waals surface area (Å²) in [6.45, 7) is 12.6. The lowest BCUT2D eigenvalue weighted by Gasteiger charge is -2.29. The third kappa shape index (κ3) is 7.74. The average molecular weight is 585 g/mol. The fourth-order valence-corrected chi connectivity index (χ4v) is 4.47. The van der Waals surface area contributed by atoms with Crippen LogP contribution in [0.4, 0.5) is 0 Å². The number of hydrogen-bond acceptors (Lipinski definition) is 5. The van der Waals surface area contributed by atoms with E-state index in [-0.39, 0.29) is 24.0 Å². The van der Waals surface area contributed by atoms with Crippen molar-refractivity contribution in [2.75, 3.05) is 0 Å². The van der Waals surface area contributed by atoms with Crippen molar-refractivity contribution < 1.29 is 24.2 Å². The Balaban J connectivity index is 2.15. The second kappa shape index (κ2) is 10.5. The van der Waals surface area contributed by atoms with Crippen LogP contribution in [0, 0.1) is 0 Å². The summed E-state index contributed by atoms with van der Waals surface area (Å²) in [6, 6.07) is 8.70. The number of carbonyl (C=O) groups is 2. The summed E-state index contributed by atoms with van der Waals surface area (Å²) in [5.41, 5.74) is -0.278. The molecule has 2 rings (SSSR count). The van der Waals surface area contributed by atoms with E-state index in [0.717, 1.165) is 11.1 Å². The standard InChI is InChI=1S/C25H31Br2NO5/c1-14(2)17-13-16(8-9-20(17)29)32-22-18(26)10-15(11-19(22)27)12-21(30)28-25(6,7)23(31)33-24(3,4)5/h8-11,13-14,29H,12H2,1-7H3,(H,28,30). The predicted octanol–water partition coefficient (Wildman–Crippen LogP) is 6.61. The van der Waals surface area contributed by atoms with Gasteiger partial charge in [-0.1, -0.05) is 13.8 Å². The Morgan fingerprint density at radius 3 is 2.12 bits per heavy atom. The zero-order valence-electron chi connectivity index (χ0n) is 20.0. The van der Waals surface area contributed by atoms with Gasteiger partial charge in [0.15, 0.2) is 5.75 Å². The van der Waals surface area contributed by atoms with Gasteiger partial charge < -0.3 is 19.9 Å². The molecule has 2 aromatic rings. The number of halogens is 2. The normalized spacial score (nSPS) is 11.9. The van der Waals surface area contributed by atoms with E-state index in [4.69, 9.17) is 9.47 Å². The summed E-state index contributed by atoms with van der Waals surface area (Å²) in [4.78, 5) is 25.0. The summed E-state index contributed by atoms with van der Waals surface area (Å²) >= 11 is 7.03. The highest BCUT2D eigenvalue weighted by atomic mass is 79.9. The van der Waals surface area contributed by atoms with E-state index in [2.05, 4.69) is 37.2 Å². The fraction of sp³-hybridized carbons (Fsp3) is 0.440. The maximum atomic E-state index is 12.6. The molecule has 0 fully saturated rings. The number of benzene rings is 2.